The Balaban J connectivity index is 1.35. The van der Waals surface area contributed by atoms with Gasteiger partial charge in [-0.3, -0.25) is 9.59 Å². The number of ether oxygens (including phenoxy) is 2. The monoisotopic (exact) mass is 562 g/mol. The molecular weight excluding hydrogens is 524 g/mol. The largest absolute Gasteiger partial charge is 0.392 e. The lowest BCUT2D eigenvalue weighted by atomic mass is 10.0. The number of hydrogen-bond donors (Lipinski definition) is 3. The second kappa shape index (κ2) is 15.6. The number of amides is 2. The van der Waals surface area contributed by atoms with Crippen LogP contribution in [-0.4, -0.2) is 35.3 Å². The van der Waals surface area contributed by atoms with E-state index in [9.17, 15) is 14.7 Å². The first-order valence-electron chi connectivity index (χ1n) is 13.8. The van der Waals surface area contributed by atoms with E-state index in [4.69, 9.17) is 9.47 Å². The second-order valence-electron chi connectivity index (χ2n) is 9.94. The Morgan fingerprint density at radius 1 is 0.900 bits per heavy atom. The van der Waals surface area contributed by atoms with Crippen LogP contribution in [0.3, 0.4) is 0 Å². The lowest BCUT2D eigenvalue weighted by Gasteiger charge is -2.36. The van der Waals surface area contributed by atoms with Crippen LogP contribution in [0.4, 0.5) is 5.69 Å². The van der Waals surface area contributed by atoms with E-state index in [0.717, 1.165) is 53.8 Å². The Kier molecular flexibility index (Phi) is 11.6. The van der Waals surface area contributed by atoms with Gasteiger partial charge in [0, 0.05) is 48.2 Å². The summed E-state index contributed by atoms with van der Waals surface area (Å²) in [6, 6.07) is 25.8. The van der Waals surface area contributed by atoms with Gasteiger partial charge in [0.2, 0.25) is 11.8 Å². The molecule has 8 heteroatoms. The molecule has 3 aromatic rings. The van der Waals surface area contributed by atoms with Crippen molar-refractivity contribution < 1.29 is 24.2 Å². The molecular formula is C32H38N2O5S. The van der Waals surface area contributed by atoms with Gasteiger partial charge in [0.05, 0.1) is 18.8 Å². The standard InChI is InChI=1S/C32H38N2O5S/c1-23(36)33-19-7-3-6-10-31(37)34-27-17-15-26(16-18-27)32-38-28(22-40-29-8-4-2-5-9-29)20-30(39-32)25-13-11-24(21-35)12-14-25/h2,4-5,8-9,11-18,28,30,32,35H,3,6-7,10,19-22H2,1H3,(H,33,36)(H,34,37). The van der Waals surface area contributed by atoms with Crippen LogP contribution in [0, 0.1) is 0 Å². The smallest absolute Gasteiger partial charge is 0.224 e. The fourth-order valence-corrected chi connectivity index (χ4v) is 5.47. The van der Waals surface area contributed by atoms with Crippen molar-refractivity contribution in [3.63, 3.8) is 0 Å². The summed E-state index contributed by atoms with van der Waals surface area (Å²) >= 11 is 1.77. The minimum Gasteiger partial charge on any atom is -0.392 e. The predicted molar refractivity (Wildman–Crippen MR) is 158 cm³/mol. The third kappa shape index (κ3) is 9.48. The number of aliphatic hydroxyl groups is 1. The van der Waals surface area contributed by atoms with Gasteiger partial charge in [-0.05, 0) is 48.2 Å². The van der Waals surface area contributed by atoms with Gasteiger partial charge in [-0.1, -0.05) is 61.0 Å². The molecule has 40 heavy (non-hydrogen) atoms. The minimum atomic E-state index is -0.536. The molecule has 0 spiro atoms. The molecule has 3 N–H and O–H groups in total. The zero-order chi connectivity index (χ0) is 28.2. The fourth-order valence-electron chi connectivity index (χ4n) is 4.53. The van der Waals surface area contributed by atoms with E-state index in [1.807, 2.05) is 66.7 Å². The number of benzene rings is 3. The summed E-state index contributed by atoms with van der Waals surface area (Å²) < 4.78 is 12.8. The topological polar surface area (TPSA) is 96.9 Å². The minimum absolute atomic E-state index is 0.00930. The number of nitrogens with one attached hydrogen (secondary N) is 2. The highest BCUT2D eigenvalue weighted by Crippen LogP contribution is 2.39. The van der Waals surface area contributed by atoms with Crippen molar-refractivity contribution in [1.82, 2.24) is 5.32 Å². The van der Waals surface area contributed by atoms with Gasteiger partial charge in [-0.25, -0.2) is 0 Å². The first-order chi connectivity index (χ1) is 19.5. The first-order valence-corrected chi connectivity index (χ1v) is 14.8. The van der Waals surface area contributed by atoms with Gasteiger partial charge >= 0.3 is 0 Å². The van der Waals surface area contributed by atoms with Crippen molar-refractivity contribution in [2.75, 3.05) is 17.6 Å². The number of aliphatic hydroxyl groups excluding tert-OH is 1. The molecule has 2 amide bonds. The SMILES string of the molecule is CC(=O)NCCCCCC(=O)Nc1ccc(C2OC(CSc3ccccc3)CC(c3ccc(CO)cc3)O2)cc1. The Morgan fingerprint density at radius 2 is 1.62 bits per heavy atom. The van der Waals surface area contributed by atoms with Gasteiger partial charge in [-0.2, -0.15) is 0 Å². The molecule has 3 atom stereocenters. The second-order valence-corrected chi connectivity index (χ2v) is 11.0. The molecule has 1 fully saturated rings. The molecule has 3 unspecified atom stereocenters. The predicted octanol–water partition coefficient (Wildman–Crippen LogP) is 6.15. The molecule has 212 valence electrons. The molecule has 1 heterocycles. The van der Waals surface area contributed by atoms with Crippen LogP contribution in [0.15, 0.2) is 83.8 Å². The van der Waals surface area contributed by atoms with Crippen LogP contribution in [0.5, 0.6) is 0 Å². The summed E-state index contributed by atoms with van der Waals surface area (Å²) in [5, 5.41) is 15.2. The molecule has 0 aromatic heterocycles. The van der Waals surface area contributed by atoms with E-state index in [0.29, 0.717) is 13.0 Å². The van der Waals surface area contributed by atoms with Crippen LogP contribution in [0.1, 0.15) is 68.1 Å². The van der Waals surface area contributed by atoms with E-state index < -0.39 is 6.29 Å². The maximum absolute atomic E-state index is 12.4. The zero-order valence-corrected chi connectivity index (χ0v) is 23.7. The first kappa shape index (κ1) is 29.8. The average molecular weight is 563 g/mol. The molecule has 7 nitrogen and oxygen atoms in total. The molecule has 4 rings (SSSR count). The highest BCUT2D eigenvalue weighted by atomic mass is 32.2. The molecule has 0 bridgehead atoms. The maximum atomic E-state index is 12.4. The van der Waals surface area contributed by atoms with Gasteiger partial charge in [0.15, 0.2) is 6.29 Å². The van der Waals surface area contributed by atoms with Gasteiger partial charge in [0.25, 0.3) is 0 Å². The van der Waals surface area contributed by atoms with Crippen molar-refractivity contribution in [2.45, 2.75) is 69.0 Å². The normalized spacial score (nSPS) is 18.7. The number of rotatable bonds is 13. The summed E-state index contributed by atoms with van der Waals surface area (Å²) in [6.45, 7) is 2.16. The number of carbonyl (C=O) groups is 2. The van der Waals surface area contributed by atoms with Crippen LogP contribution < -0.4 is 10.6 Å². The van der Waals surface area contributed by atoms with Gasteiger partial charge in [-0.15, -0.1) is 11.8 Å². The maximum Gasteiger partial charge on any atom is 0.224 e. The van der Waals surface area contributed by atoms with Crippen LogP contribution in [0.2, 0.25) is 0 Å². The molecule has 1 saturated heterocycles. The van der Waals surface area contributed by atoms with Crippen molar-refractivity contribution in [3.8, 4) is 0 Å². The fraction of sp³-hybridized carbons (Fsp3) is 0.375. The van der Waals surface area contributed by atoms with E-state index in [-0.39, 0.29) is 30.6 Å². The zero-order valence-electron chi connectivity index (χ0n) is 22.9. The summed E-state index contributed by atoms with van der Waals surface area (Å²) in [5.41, 5.74) is 3.55. The Labute approximate surface area is 240 Å². The average Bonchev–Trinajstić information content (AvgIpc) is 2.98. The van der Waals surface area contributed by atoms with E-state index in [2.05, 4.69) is 22.8 Å². The van der Waals surface area contributed by atoms with Crippen molar-refractivity contribution in [2.24, 2.45) is 0 Å². The van der Waals surface area contributed by atoms with E-state index >= 15 is 0 Å². The Morgan fingerprint density at radius 3 is 2.33 bits per heavy atom. The Hall–Kier alpha value is -3.17. The third-order valence-electron chi connectivity index (χ3n) is 6.72. The quantitative estimate of drug-likeness (QED) is 0.171. The van der Waals surface area contributed by atoms with E-state index in [1.54, 1.807) is 11.8 Å². The highest BCUT2D eigenvalue weighted by Gasteiger charge is 2.32. The molecule has 0 saturated carbocycles. The van der Waals surface area contributed by atoms with Gasteiger partial charge in [0.1, 0.15) is 0 Å². The number of anilines is 1. The van der Waals surface area contributed by atoms with Gasteiger partial charge < -0.3 is 25.2 Å². The number of hydrogen-bond acceptors (Lipinski definition) is 6. The molecule has 3 aromatic carbocycles. The van der Waals surface area contributed by atoms with Crippen molar-refractivity contribution in [3.05, 3.63) is 95.6 Å². The summed E-state index contributed by atoms with van der Waals surface area (Å²) in [6.07, 6.45) is 3.00. The third-order valence-corrected chi connectivity index (χ3v) is 7.86. The van der Waals surface area contributed by atoms with Crippen LogP contribution in [0.25, 0.3) is 0 Å². The molecule has 0 radical (unpaired) electrons. The molecule has 0 aliphatic carbocycles. The number of unbranched alkanes of at least 4 members (excludes halogenated alkanes) is 2. The summed E-state index contributed by atoms with van der Waals surface area (Å²) in [5.74, 6) is 0.745. The number of thioether (sulfide) groups is 1. The molecule has 1 aliphatic rings. The number of carbonyl (C=O) groups excluding carboxylic acids is 2. The molecule has 1 aliphatic heterocycles. The Bertz CT molecular complexity index is 1200. The summed E-state index contributed by atoms with van der Waals surface area (Å²) in [4.78, 5) is 24.5. The van der Waals surface area contributed by atoms with Crippen LogP contribution in [-0.2, 0) is 25.7 Å². The van der Waals surface area contributed by atoms with Crippen molar-refractivity contribution in [1.29, 1.82) is 0 Å². The summed E-state index contributed by atoms with van der Waals surface area (Å²) in [7, 11) is 0. The highest BCUT2D eigenvalue weighted by molar-refractivity contribution is 7.99. The van der Waals surface area contributed by atoms with Crippen LogP contribution >= 0.6 is 11.8 Å². The van der Waals surface area contributed by atoms with Crippen molar-refractivity contribution >= 4 is 29.3 Å². The lowest BCUT2D eigenvalue weighted by molar-refractivity contribution is -0.245. The van der Waals surface area contributed by atoms with E-state index in [1.165, 1.54) is 11.8 Å². The lowest BCUT2D eigenvalue weighted by Crippen LogP contribution is -2.31.